The third-order valence-electron chi connectivity index (χ3n) is 13.1. The number of esters is 2. The average molecular weight is 1030 g/mol. The fraction of sp³-hybridized carbons (Fsp3) is 0.806. The summed E-state index contributed by atoms with van der Waals surface area (Å²) >= 11 is 0. The van der Waals surface area contributed by atoms with E-state index >= 15 is 0 Å². The van der Waals surface area contributed by atoms with Gasteiger partial charge in [0.1, 0.15) is 19.8 Å². The van der Waals surface area contributed by atoms with Crippen molar-refractivity contribution in [3.8, 4) is 0 Å². The van der Waals surface area contributed by atoms with Gasteiger partial charge >= 0.3 is 11.9 Å². The number of nitrogens with zero attached hydrogens (tertiary/aromatic N) is 1. The smallest absolute Gasteiger partial charge is 0.306 e. The zero-order chi connectivity index (χ0) is 52.7. The van der Waals surface area contributed by atoms with E-state index in [4.69, 9.17) is 18.5 Å². The van der Waals surface area contributed by atoms with E-state index < -0.39 is 26.5 Å². The van der Waals surface area contributed by atoms with Crippen molar-refractivity contribution < 1.29 is 42.1 Å². The Bertz CT molecular complexity index is 1400. The highest BCUT2D eigenvalue weighted by molar-refractivity contribution is 7.45. The lowest BCUT2D eigenvalue weighted by Crippen LogP contribution is -2.37. The molecule has 0 aliphatic rings. The van der Waals surface area contributed by atoms with Gasteiger partial charge in [-0.3, -0.25) is 14.2 Å². The lowest BCUT2D eigenvalue weighted by molar-refractivity contribution is -0.870. The SMILES string of the molecule is CC/C=C\C/C=C\C/C=C\C/C=C\C/C=C\CCCCCCCCCCCCCCCCCCCC(=O)OC(COC(=O)CCCCCCCCCCCCCCCCC)COP(=O)([O-])OCC[N+](C)(C)C. The molecule has 0 fully saturated rings. The summed E-state index contributed by atoms with van der Waals surface area (Å²) in [6.45, 7) is 4.16. The van der Waals surface area contributed by atoms with Crippen LogP contribution in [0.4, 0.5) is 0 Å². The van der Waals surface area contributed by atoms with Crippen molar-refractivity contribution in [3.63, 3.8) is 0 Å². The van der Waals surface area contributed by atoms with Crippen LogP contribution in [0.25, 0.3) is 0 Å². The van der Waals surface area contributed by atoms with Crippen LogP contribution < -0.4 is 4.89 Å². The number of phosphoric acid groups is 1. The number of allylic oxidation sites excluding steroid dienone is 10. The first-order valence-corrected chi connectivity index (χ1v) is 31.5. The van der Waals surface area contributed by atoms with Crippen molar-refractivity contribution >= 4 is 19.8 Å². The van der Waals surface area contributed by atoms with Crippen LogP contribution in [0.2, 0.25) is 0 Å². The maximum Gasteiger partial charge on any atom is 0.306 e. The number of carbonyl (C=O) groups excluding carboxylic acids is 2. The molecular formula is C62H114NO8P. The van der Waals surface area contributed by atoms with Crippen molar-refractivity contribution in [2.24, 2.45) is 0 Å². The molecule has 72 heavy (non-hydrogen) atoms. The van der Waals surface area contributed by atoms with Crippen molar-refractivity contribution in [2.75, 3.05) is 47.5 Å². The molecule has 0 rings (SSSR count). The minimum atomic E-state index is -4.63. The van der Waals surface area contributed by atoms with Crippen molar-refractivity contribution in [1.29, 1.82) is 0 Å². The molecule has 420 valence electrons. The van der Waals surface area contributed by atoms with Gasteiger partial charge in [-0.15, -0.1) is 0 Å². The van der Waals surface area contributed by atoms with Gasteiger partial charge in [-0.25, -0.2) is 0 Å². The summed E-state index contributed by atoms with van der Waals surface area (Å²) in [4.78, 5) is 37.8. The first kappa shape index (κ1) is 69.7. The summed E-state index contributed by atoms with van der Waals surface area (Å²) in [5, 5.41) is 0. The minimum absolute atomic E-state index is 0.0295. The molecular weight excluding hydrogens is 918 g/mol. The summed E-state index contributed by atoms with van der Waals surface area (Å²) in [7, 11) is 1.18. The molecule has 0 heterocycles. The molecule has 2 unspecified atom stereocenters. The Morgan fingerprint density at radius 1 is 0.444 bits per heavy atom. The molecule has 0 aromatic heterocycles. The second kappa shape index (κ2) is 53.5. The van der Waals surface area contributed by atoms with E-state index in [0.717, 1.165) is 70.6 Å². The highest BCUT2D eigenvalue weighted by Crippen LogP contribution is 2.38. The van der Waals surface area contributed by atoms with Crippen LogP contribution in [-0.4, -0.2) is 70.0 Å². The van der Waals surface area contributed by atoms with E-state index in [0.29, 0.717) is 17.4 Å². The van der Waals surface area contributed by atoms with E-state index in [1.807, 2.05) is 21.1 Å². The van der Waals surface area contributed by atoms with Gasteiger partial charge in [0.15, 0.2) is 6.10 Å². The normalized spacial score (nSPS) is 13.7. The molecule has 2 atom stereocenters. The second-order valence-corrected chi connectivity index (χ2v) is 22.8. The molecule has 0 radical (unpaired) electrons. The summed E-state index contributed by atoms with van der Waals surface area (Å²) in [5.41, 5.74) is 0. The third-order valence-corrected chi connectivity index (χ3v) is 14.0. The summed E-state index contributed by atoms with van der Waals surface area (Å²) < 4.78 is 34.2. The standard InChI is InChI=1S/C62H114NO8P/c1-6-8-10-12-14-16-18-20-22-23-24-25-26-27-28-29-30-31-32-33-34-35-36-37-38-39-41-43-45-47-49-51-53-55-62(65)71-60(59-70-72(66,67)69-57-56-63(3,4)5)58-68-61(64)54-52-50-48-46-44-42-40-21-19-17-15-13-11-9-7-2/h8,10,14,16,20,22,24-25,27-28,60H,6-7,9,11-13,15,17-19,21,23,26,29-59H2,1-5H3/b10-8-,16-14-,22-20-,25-24-,28-27-. The maximum absolute atomic E-state index is 12.8. The van der Waals surface area contributed by atoms with E-state index in [1.165, 1.54) is 167 Å². The van der Waals surface area contributed by atoms with Gasteiger partial charge in [-0.05, 0) is 57.8 Å². The number of hydrogen-bond donors (Lipinski definition) is 0. The predicted molar refractivity (Wildman–Crippen MR) is 305 cm³/mol. The van der Waals surface area contributed by atoms with Gasteiger partial charge in [-0.1, -0.05) is 261 Å². The first-order valence-electron chi connectivity index (χ1n) is 30.0. The molecule has 9 nitrogen and oxygen atoms in total. The van der Waals surface area contributed by atoms with Gasteiger partial charge in [-0.2, -0.15) is 0 Å². The molecule has 0 saturated carbocycles. The van der Waals surface area contributed by atoms with Crippen molar-refractivity contribution in [1.82, 2.24) is 0 Å². The zero-order valence-corrected chi connectivity index (χ0v) is 48.5. The number of quaternary nitrogens is 1. The maximum atomic E-state index is 12.8. The van der Waals surface area contributed by atoms with Gasteiger partial charge in [0, 0.05) is 12.8 Å². The second-order valence-electron chi connectivity index (χ2n) is 21.3. The highest BCUT2D eigenvalue weighted by Gasteiger charge is 2.22. The Labute approximate surface area is 445 Å². The summed E-state index contributed by atoms with van der Waals surface area (Å²) in [6.07, 6.45) is 68.5. The first-order chi connectivity index (χ1) is 35.0. The molecule has 0 saturated heterocycles. The highest BCUT2D eigenvalue weighted by atomic mass is 31.2. The fourth-order valence-corrected chi connectivity index (χ4v) is 9.18. The average Bonchev–Trinajstić information content (AvgIpc) is 3.34. The van der Waals surface area contributed by atoms with Gasteiger partial charge in [0.05, 0.1) is 27.7 Å². The van der Waals surface area contributed by atoms with E-state index in [2.05, 4.69) is 74.6 Å². The molecule has 10 heteroatoms. The number of hydrogen-bond acceptors (Lipinski definition) is 8. The number of ether oxygens (including phenoxy) is 2. The van der Waals surface area contributed by atoms with Crippen LogP contribution in [0.3, 0.4) is 0 Å². The molecule has 0 bridgehead atoms. The minimum Gasteiger partial charge on any atom is -0.756 e. The number of rotatable bonds is 55. The molecule has 0 aromatic rings. The molecule has 0 aliphatic carbocycles. The van der Waals surface area contributed by atoms with Gasteiger partial charge in [0.2, 0.25) is 0 Å². The molecule has 0 aromatic carbocycles. The van der Waals surface area contributed by atoms with E-state index in [-0.39, 0.29) is 32.0 Å². The fourth-order valence-electron chi connectivity index (χ4n) is 8.45. The van der Waals surface area contributed by atoms with Crippen LogP contribution in [0, 0.1) is 0 Å². The Morgan fingerprint density at radius 2 is 0.792 bits per heavy atom. The van der Waals surface area contributed by atoms with E-state index in [1.54, 1.807) is 0 Å². The van der Waals surface area contributed by atoms with Crippen LogP contribution in [0.5, 0.6) is 0 Å². The Balaban J connectivity index is 4.03. The number of unbranched alkanes of at least 4 members (excludes halogenated alkanes) is 31. The van der Waals surface area contributed by atoms with Crippen molar-refractivity contribution in [3.05, 3.63) is 60.8 Å². The third kappa shape index (κ3) is 57.0. The lowest BCUT2D eigenvalue weighted by Gasteiger charge is -2.28. The Kier molecular flexibility index (Phi) is 51.8. The van der Waals surface area contributed by atoms with Crippen LogP contribution >= 0.6 is 7.82 Å². The van der Waals surface area contributed by atoms with Crippen LogP contribution in [0.1, 0.15) is 271 Å². The topological polar surface area (TPSA) is 111 Å². The zero-order valence-electron chi connectivity index (χ0n) is 47.6. The van der Waals surface area contributed by atoms with Crippen LogP contribution in [-0.2, 0) is 32.7 Å². The van der Waals surface area contributed by atoms with Crippen LogP contribution in [0.15, 0.2) is 60.8 Å². The summed E-state index contributed by atoms with van der Waals surface area (Å²) in [5.74, 6) is -0.821. The Morgan fingerprint density at radius 3 is 1.18 bits per heavy atom. The molecule has 0 spiro atoms. The quantitative estimate of drug-likeness (QED) is 0.0195. The number of likely N-dealkylation sites (N-methyl/N-ethyl adjacent to an activating group) is 1. The summed E-state index contributed by atoms with van der Waals surface area (Å²) in [6, 6.07) is 0. The predicted octanol–water partition coefficient (Wildman–Crippen LogP) is 18.1. The van der Waals surface area contributed by atoms with Crippen molar-refractivity contribution in [2.45, 2.75) is 277 Å². The molecule has 0 N–H and O–H groups in total. The molecule has 0 amide bonds. The number of phosphoric ester groups is 1. The molecule has 0 aliphatic heterocycles. The number of carbonyl (C=O) groups is 2. The van der Waals surface area contributed by atoms with E-state index in [9.17, 15) is 19.0 Å². The lowest BCUT2D eigenvalue weighted by atomic mass is 10.0. The largest absolute Gasteiger partial charge is 0.756 e. The van der Waals surface area contributed by atoms with Gasteiger partial charge in [0.25, 0.3) is 7.82 Å². The Hall–Kier alpha value is -2.29. The monoisotopic (exact) mass is 1030 g/mol. The van der Waals surface area contributed by atoms with Gasteiger partial charge < -0.3 is 27.9 Å².